The van der Waals surface area contributed by atoms with Crippen molar-refractivity contribution in [1.29, 1.82) is 0 Å². The minimum atomic E-state index is -0.299. The summed E-state index contributed by atoms with van der Waals surface area (Å²) in [6.07, 6.45) is 2.14. The Balaban J connectivity index is 0.000000145. The van der Waals surface area contributed by atoms with Gasteiger partial charge >= 0.3 is 0 Å². The normalized spacial score (nSPS) is 20.5. The number of fused-ring (bicyclic) bond motifs is 5. The molecule has 0 saturated carbocycles. The molecule has 4 aromatic carbocycles. The Hall–Kier alpha value is -6.04. The predicted octanol–water partition coefficient (Wildman–Crippen LogP) is 14.0. The van der Waals surface area contributed by atoms with Crippen molar-refractivity contribution in [3.8, 4) is 46.1 Å². The lowest BCUT2D eigenvalue weighted by Crippen LogP contribution is -2.41. The van der Waals surface area contributed by atoms with Crippen LogP contribution in [0.3, 0.4) is 0 Å². The monoisotopic (exact) mass is 978 g/mol. The van der Waals surface area contributed by atoms with Gasteiger partial charge in [-0.15, -0.1) is 0 Å². The SMILES string of the molecule is CC(C)(C)C1CNc2ccccc2O1.CC(C)(C)C1COc2ccc(F)cc2O1.CC(C)(C)C1COc2ccccc2N1.CC(C)(C)C1COc2ccccc2O1.CC(C)(C)C1COc2cccnc2O1. The molecule has 2 N–H and O–H groups in total. The van der Waals surface area contributed by atoms with Crippen LogP contribution in [0.2, 0.25) is 0 Å². The first-order valence-electron chi connectivity index (χ1n) is 25.0. The van der Waals surface area contributed by atoms with Crippen LogP contribution in [0.15, 0.2) is 109 Å². The number of aromatic nitrogens is 1. The Bertz CT molecular complexity index is 2210. The molecule has 5 atom stereocenters. The van der Waals surface area contributed by atoms with Gasteiger partial charge in [-0.1, -0.05) is 140 Å². The molecule has 11 nitrogen and oxygen atoms in total. The van der Waals surface area contributed by atoms with Crippen molar-refractivity contribution in [3.63, 3.8) is 0 Å². The van der Waals surface area contributed by atoms with Gasteiger partial charge in [0.1, 0.15) is 68.2 Å². The molecule has 0 bridgehead atoms. The smallest absolute Gasteiger partial charge is 0.257 e. The number of nitrogens with one attached hydrogen (secondary N) is 2. The van der Waals surface area contributed by atoms with E-state index in [0.717, 1.165) is 53.3 Å². The molecule has 5 aliphatic rings. The van der Waals surface area contributed by atoms with E-state index in [1.165, 1.54) is 12.1 Å². The van der Waals surface area contributed by atoms with Crippen molar-refractivity contribution in [2.24, 2.45) is 27.1 Å². The van der Waals surface area contributed by atoms with E-state index in [2.05, 4.69) is 126 Å². The minimum Gasteiger partial charge on any atom is -0.489 e. The fourth-order valence-electron chi connectivity index (χ4n) is 7.43. The zero-order valence-electron chi connectivity index (χ0n) is 44.9. The summed E-state index contributed by atoms with van der Waals surface area (Å²) in [5, 5.41) is 6.91. The summed E-state index contributed by atoms with van der Waals surface area (Å²) < 4.78 is 58.7. The lowest BCUT2D eigenvalue weighted by molar-refractivity contribution is 0.0119. The Labute approximate surface area is 423 Å². The largest absolute Gasteiger partial charge is 0.489 e. The maximum absolute atomic E-state index is 13.0. The number of para-hydroxylation sites is 6. The highest BCUT2D eigenvalue weighted by Gasteiger charge is 2.35. The van der Waals surface area contributed by atoms with E-state index in [-0.39, 0.29) is 57.3 Å². The summed E-state index contributed by atoms with van der Waals surface area (Å²) in [7, 11) is 0. The molecule has 71 heavy (non-hydrogen) atoms. The van der Waals surface area contributed by atoms with Crippen LogP contribution in [0.5, 0.6) is 46.1 Å². The first kappa shape index (κ1) is 54.3. The van der Waals surface area contributed by atoms with Gasteiger partial charge in [0.2, 0.25) is 0 Å². The van der Waals surface area contributed by atoms with E-state index in [0.29, 0.717) is 43.2 Å². The van der Waals surface area contributed by atoms with Crippen LogP contribution in [0, 0.1) is 32.9 Å². The second-order valence-corrected chi connectivity index (χ2v) is 23.9. The highest BCUT2D eigenvalue weighted by atomic mass is 19.1. The zero-order valence-corrected chi connectivity index (χ0v) is 44.9. The van der Waals surface area contributed by atoms with Crippen molar-refractivity contribution < 1.29 is 42.3 Å². The Kier molecular flexibility index (Phi) is 17.3. The third-order valence-corrected chi connectivity index (χ3v) is 12.6. The molecule has 0 spiro atoms. The number of pyridine rings is 1. The van der Waals surface area contributed by atoms with Crippen LogP contribution >= 0.6 is 0 Å². The fourth-order valence-corrected chi connectivity index (χ4v) is 7.43. The van der Waals surface area contributed by atoms with Gasteiger partial charge in [-0.3, -0.25) is 0 Å². The molecule has 5 aliphatic heterocycles. The maximum atomic E-state index is 13.0. The molecular weight excluding hydrogens is 898 g/mol. The number of anilines is 2. The highest BCUT2D eigenvalue weighted by molar-refractivity contribution is 5.59. The quantitative estimate of drug-likeness (QED) is 0.155. The van der Waals surface area contributed by atoms with Crippen LogP contribution in [0.1, 0.15) is 104 Å². The average molecular weight is 978 g/mol. The van der Waals surface area contributed by atoms with Gasteiger partial charge in [0.25, 0.3) is 5.88 Å². The zero-order chi connectivity index (χ0) is 51.8. The molecule has 0 saturated heterocycles. The molecule has 1 aromatic heterocycles. The van der Waals surface area contributed by atoms with Crippen molar-refractivity contribution >= 4 is 11.4 Å². The molecule has 0 aliphatic carbocycles. The van der Waals surface area contributed by atoms with E-state index in [1.54, 1.807) is 12.3 Å². The highest BCUT2D eigenvalue weighted by Crippen LogP contribution is 2.39. The first-order chi connectivity index (χ1) is 33.3. The van der Waals surface area contributed by atoms with Crippen LogP contribution in [0.4, 0.5) is 15.8 Å². The van der Waals surface area contributed by atoms with Gasteiger partial charge in [0.15, 0.2) is 28.7 Å². The summed E-state index contributed by atoms with van der Waals surface area (Å²) in [5.74, 6) is 5.83. The third kappa shape index (κ3) is 15.5. The summed E-state index contributed by atoms with van der Waals surface area (Å²) in [6, 6.07) is 32.4. The number of hydrogen-bond acceptors (Lipinski definition) is 11. The van der Waals surface area contributed by atoms with Crippen molar-refractivity contribution in [1.82, 2.24) is 4.98 Å². The van der Waals surface area contributed by atoms with Gasteiger partial charge in [-0.2, -0.15) is 0 Å². The lowest BCUT2D eigenvalue weighted by Gasteiger charge is -2.36. The van der Waals surface area contributed by atoms with Crippen LogP contribution in [-0.4, -0.2) is 68.4 Å². The Morgan fingerprint density at radius 3 is 1.46 bits per heavy atom. The maximum Gasteiger partial charge on any atom is 0.257 e. The minimum absolute atomic E-state index is 0.00991. The van der Waals surface area contributed by atoms with Crippen LogP contribution < -0.4 is 48.5 Å². The summed E-state index contributed by atoms with van der Waals surface area (Å²) in [6.45, 7) is 35.8. The topological polar surface area (TPSA) is 111 Å². The molecule has 0 fully saturated rings. The average Bonchev–Trinajstić information content (AvgIpc) is 3.32. The van der Waals surface area contributed by atoms with Crippen molar-refractivity contribution in [2.45, 2.75) is 134 Å². The number of ether oxygens (including phenoxy) is 8. The Morgan fingerprint density at radius 2 is 0.873 bits per heavy atom. The fraction of sp³-hybridized carbons (Fsp3) is 0.508. The number of rotatable bonds is 0. The predicted molar refractivity (Wildman–Crippen MR) is 283 cm³/mol. The molecule has 0 radical (unpaired) electrons. The van der Waals surface area contributed by atoms with E-state index < -0.39 is 0 Å². The molecule has 12 heteroatoms. The molecule has 5 unspecified atom stereocenters. The summed E-state index contributed by atoms with van der Waals surface area (Å²) in [5.41, 5.74) is 2.81. The molecule has 386 valence electrons. The van der Waals surface area contributed by atoms with Gasteiger partial charge in [-0.05, 0) is 66.1 Å². The summed E-state index contributed by atoms with van der Waals surface area (Å²) >= 11 is 0. The molecule has 10 rings (SSSR count). The van der Waals surface area contributed by atoms with E-state index in [4.69, 9.17) is 37.9 Å². The lowest BCUT2D eigenvalue weighted by atomic mass is 9.86. The summed E-state index contributed by atoms with van der Waals surface area (Å²) in [4.78, 5) is 4.14. The van der Waals surface area contributed by atoms with Gasteiger partial charge < -0.3 is 48.5 Å². The van der Waals surface area contributed by atoms with E-state index in [1.807, 2.05) is 78.9 Å². The number of halogens is 1. The number of nitrogens with zero attached hydrogens (tertiary/aromatic N) is 1. The van der Waals surface area contributed by atoms with Crippen LogP contribution in [0.25, 0.3) is 0 Å². The first-order valence-corrected chi connectivity index (χ1v) is 25.0. The number of hydrogen-bond donors (Lipinski definition) is 2. The molecule has 0 amide bonds. The Morgan fingerprint density at radius 1 is 0.423 bits per heavy atom. The van der Waals surface area contributed by atoms with Crippen molar-refractivity contribution in [2.75, 3.05) is 43.6 Å². The molecule has 5 aromatic rings. The third-order valence-electron chi connectivity index (χ3n) is 12.6. The second-order valence-electron chi connectivity index (χ2n) is 23.9. The molecular formula is C59H80FN3O8. The number of benzene rings is 4. The standard InChI is InChI=1S/C12H15FO2.2C12H17NO.C12H16O2.C11H15NO2/c1-12(2,3)11-7-14-9-5-4-8(13)6-10(9)15-11;1-12(2,3)11-8-14-10-7-5-4-6-9(10)13-11;2*1-12(2,3)11-8-13-9-6-4-5-7-10(9)14-11;1-11(2,3)9-7-13-8-5-4-6-12-10(8)14-9/h4-6,11H,7H2,1-3H3;2*4-7,11,13H,8H2,1-3H3;4-7,11H,8H2,1-3H3;4-6,9H,7H2,1-3H3. The van der Waals surface area contributed by atoms with Crippen molar-refractivity contribution in [3.05, 3.63) is 115 Å². The van der Waals surface area contributed by atoms with Gasteiger partial charge in [-0.25, -0.2) is 9.37 Å². The molecule has 6 heterocycles. The van der Waals surface area contributed by atoms with Crippen LogP contribution in [-0.2, 0) is 0 Å². The van der Waals surface area contributed by atoms with E-state index in [9.17, 15) is 4.39 Å². The van der Waals surface area contributed by atoms with Gasteiger partial charge in [0, 0.05) is 33.9 Å². The van der Waals surface area contributed by atoms with Gasteiger partial charge in [0.05, 0.1) is 24.0 Å². The van der Waals surface area contributed by atoms with E-state index >= 15 is 0 Å². The second kappa shape index (κ2) is 22.6.